The van der Waals surface area contributed by atoms with Gasteiger partial charge in [0.25, 0.3) is 0 Å². The molecular formula is C12H15FO2. The minimum atomic E-state index is -1.14. The van der Waals surface area contributed by atoms with Gasteiger partial charge in [-0.2, -0.15) is 0 Å². The summed E-state index contributed by atoms with van der Waals surface area (Å²) in [5, 5.41) is 10.3. The SMILES string of the molecule is CC(O)(c1ccccc1F)C1CCOC1. The quantitative estimate of drug-likeness (QED) is 0.809. The van der Waals surface area contributed by atoms with Gasteiger partial charge in [0, 0.05) is 18.1 Å². The van der Waals surface area contributed by atoms with Crippen molar-refractivity contribution in [2.24, 2.45) is 5.92 Å². The van der Waals surface area contributed by atoms with Gasteiger partial charge < -0.3 is 9.84 Å². The summed E-state index contributed by atoms with van der Waals surface area (Å²) in [5.41, 5.74) is -0.775. The lowest BCUT2D eigenvalue weighted by molar-refractivity contribution is -0.0126. The van der Waals surface area contributed by atoms with Gasteiger partial charge in [-0.3, -0.25) is 0 Å². The van der Waals surface area contributed by atoms with Gasteiger partial charge >= 0.3 is 0 Å². The van der Waals surface area contributed by atoms with Crippen molar-refractivity contribution in [1.82, 2.24) is 0 Å². The molecule has 0 aliphatic carbocycles. The first-order valence-corrected chi connectivity index (χ1v) is 5.17. The van der Waals surface area contributed by atoms with Gasteiger partial charge in [0.2, 0.25) is 0 Å². The number of benzene rings is 1. The van der Waals surface area contributed by atoms with Crippen LogP contribution in [0.1, 0.15) is 18.9 Å². The highest BCUT2D eigenvalue weighted by Gasteiger charge is 2.37. The summed E-state index contributed by atoms with van der Waals surface area (Å²) in [6.45, 7) is 2.81. The molecule has 3 heteroatoms. The molecule has 0 amide bonds. The standard InChI is InChI=1S/C12H15FO2/c1-12(14,9-6-7-15-8-9)10-4-2-3-5-11(10)13/h2-5,9,14H,6-8H2,1H3. The van der Waals surface area contributed by atoms with Gasteiger partial charge in [0.1, 0.15) is 5.82 Å². The lowest BCUT2D eigenvalue weighted by atomic mass is 9.82. The molecule has 1 heterocycles. The van der Waals surface area contributed by atoms with E-state index >= 15 is 0 Å². The number of hydrogen-bond acceptors (Lipinski definition) is 2. The molecule has 82 valence electrons. The second-order valence-electron chi connectivity index (χ2n) is 4.19. The summed E-state index contributed by atoms with van der Waals surface area (Å²) in [7, 11) is 0. The van der Waals surface area contributed by atoms with Crippen LogP contribution >= 0.6 is 0 Å². The Morgan fingerprint density at radius 2 is 2.20 bits per heavy atom. The largest absolute Gasteiger partial charge is 0.385 e. The van der Waals surface area contributed by atoms with E-state index in [1.54, 1.807) is 25.1 Å². The van der Waals surface area contributed by atoms with Gasteiger partial charge in [-0.1, -0.05) is 18.2 Å². The maximum Gasteiger partial charge on any atom is 0.129 e. The van der Waals surface area contributed by atoms with Crippen molar-refractivity contribution in [2.75, 3.05) is 13.2 Å². The number of rotatable bonds is 2. The van der Waals surface area contributed by atoms with Crippen LogP contribution in [0.5, 0.6) is 0 Å². The zero-order valence-electron chi connectivity index (χ0n) is 8.74. The molecule has 0 spiro atoms. The Morgan fingerprint density at radius 1 is 1.47 bits per heavy atom. The van der Waals surface area contributed by atoms with Crippen molar-refractivity contribution in [3.63, 3.8) is 0 Å². The van der Waals surface area contributed by atoms with Gasteiger partial charge in [0.15, 0.2) is 0 Å². The Labute approximate surface area is 88.7 Å². The topological polar surface area (TPSA) is 29.5 Å². The molecule has 2 nitrogen and oxygen atoms in total. The third-order valence-electron chi connectivity index (χ3n) is 3.14. The molecule has 0 aromatic heterocycles. The first kappa shape index (κ1) is 10.6. The van der Waals surface area contributed by atoms with E-state index in [9.17, 15) is 9.50 Å². The number of ether oxygens (including phenoxy) is 1. The Kier molecular flexibility index (Phi) is 2.76. The lowest BCUT2D eigenvalue weighted by Crippen LogP contribution is -2.33. The molecule has 2 atom stereocenters. The maximum absolute atomic E-state index is 13.5. The Balaban J connectivity index is 2.31. The molecule has 0 radical (unpaired) electrons. The van der Waals surface area contributed by atoms with E-state index in [0.717, 1.165) is 6.42 Å². The maximum atomic E-state index is 13.5. The van der Waals surface area contributed by atoms with Gasteiger partial charge in [-0.25, -0.2) is 4.39 Å². The predicted molar refractivity (Wildman–Crippen MR) is 54.9 cm³/mol. The molecule has 0 bridgehead atoms. The summed E-state index contributed by atoms with van der Waals surface area (Å²) in [4.78, 5) is 0. The summed E-state index contributed by atoms with van der Waals surface area (Å²) in [6, 6.07) is 6.37. The molecule has 2 rings (SSSR count). The fourth-order valence-corrected chi connectivity index (χ4v) is 2.07. The van der Waals surface area contributed by atoms with Crippen LogP contribution in [-0.4, -0.2) is 18.3 Å². The molecule has 1 aliphatic heterocycles. The van der Waals surface area contributed by atoms with Crippen LogP contribution in [0.15, 0.2) is 24.3 Å². The number of hydrogen-bond donors (Lipinski definition) is 1. The van der Waals surface area contributed by atoms with E-state index in [-0.39, 0.29) is 11.7 Å². The average Bonchev–Trinajstić information content (AvgIpc) is 2.71. The Hall–Kier alpha value is -0.930. The lowest BCUT2D eigenvalue weighted by Gasteiger charge is -2.29. The van der Waals surface area contributed by atoms with Crippen LogP contribution in [0.4, 0.5) is 4.39 Å². The van der Waals surface area contributed by atoms with Crippen LogP contribution in [0, 0.1) is 11.7 Å². The monoisotopic (exact) mass is 210 g/mol. The molecule has 1 aliphatic rings. The zero-order valence-corrected chi connectivity index (χ0v) is 8.74. The molecule has 1 N–H and O–H groups in total. The van der Waals surface area contributed by atoms with Crippen molar-refractivity contribution in [1.29, 1.82) is 0 Å². The van der Waals surface area contributed by atoms with E-state index in [2.05, 4.69) is 0 Å². The molecule has 15 heavy (non-hydrogen) atoms. The normalized spacial score (nSPS) is 25.1. The minimum absolute atomic E-state index is 0.0191. The highest BCUT2D eigenvalue weighted by molar-refractivity contribution is 5.24. The second kappa shape index (κ2) is 3.91. The van der Waals surface area contributed by atoms with Crippen molar-refractivity contribution >= 4 is 0 Å². The van der Waals surface area contributed by atoms with Crippen LogP contribution in [0.2, 0.25) is 0 Å². The predicted octanol–water partition coefficient (Wildman–Crippen LogP) is 2.07. The second-order valence-corrected chi connectivity index (χ2v) is 4.19. The number of halogens is 1. The summed E-state index contributed by atoms with van der Waals surface area (Å²) < 4.78 is 18.8. The first-order valence-electron chi connectivity index (χ1n) is 5.17. The zero-order chi connectivity index (χ0) is 10.9. The summed E-state index contributed by atoms with van der Waals surface area (Å²) in [5.74, 6) is -0.371. The molecule has 1 fully saturated rings. The van der Waals surface area contributed by atoms with Gasteiger partial charge in [-0.15, -0.1) is 0 Å². The fourth-order valence-electron chi connectivity index (χ4n) is 2.07. The van der Waals surface area contributed by atoms with E-state index in [1.165, 1.54) is 6.07 Å². The van der Waals surface area contributed by atoms with Crippen molar-refractivity contribution in [3.8, 4) is 0 Å². The molecule has 2 unspecified atom stereocenters. The van der Waals surface area contributed by atoms with Crippen LogP contribution in [0.25, 0.3) is 0 Å². The van der Waals surface area contributed by atoms with E-state index in [0.29, 0.717) is 18.8 Å². The summed E-state index contributed by atoms with van der Waals surface area (Å²) >= 11 is 0. The van der Waals surface area contributed by atoms with Crippen molar-refractivity contribution in [3.05, 3.63) is 35.6 Å². The number of aliphatic hydroxyl groups is 1. The summed E-state index contributed by atoms with van der Waals surface area (Å²) in [6.07, 6.45) is 0.779. The molecule has 1 aromatic rings. The molecule has 1 aromatic carbocycles. The van der Waals surface area contributed by atoms with Crippen LogP contribution in [0.3, 0.4) is 0 Å². The van der Waals surface area contributed by atoms with Gasteiger partial charge in [-0.05, 0) is 19.4 Å². The minimum Gasteiger partial charge on any atom is -0.385 e. The van der Waals surface area contributed by atoms with E-state index < -0.39 is 5.60 Å². The highest BCUT2D eigenvalue weighted by Crippen LogP contribution is 2.35. The first-order chi connectivity index (χ1) is 7.12. The van der Waals surface area contributed by atoms with E-state index in [4.69, 9.17) is 4.74 Å². The Morgan fingerprint density at radius 3 is 2.80 bits per heavy atom. The van der Waals surface area contributed by atoms with Crippen molar-refractivity contribution < 1.29 is 14.2 Å². The van der Waals surface area contributed by atoms with Crippen LogP contribution < -0.4 is 0 Å². The van der Waals surface area contributed by atoms with Crippen LogP contribution in [-0.2, 0) is 10.3 Å². The molecular weight excluding hydrogens is 195 g/mol. The fraction of sp³-hybridized carbons (Fsp3) is 0.500. The van der Waals surface area contributed by atoms with Crippen molar-refractivity contribution in [2.45, 2.75) is 18.9 Å². The third-order valence-corrected chi connectivity index (χ3v) is 3.14. The molecule has 0 saturated carbocycles. The highest BCUT2D eigenvalue weighted by atomic mass is 19.1. The molecule has 1 saturated heterocycles. The van der Waals surface area contributed by atoms with E-state index in [1.807, 2.05) is 0 Å². The smallest absolute Gasteiger partial charge is 0.129 e. The van der Waals surface area contributed by atoms with Gasteiger partial charge in [0.05, 0.1) is 12.2 Å². The Bertz CT molecular complexity index is 343. The third kappa shape index (κ3) is 1.90. The average molecular weight is 210 g/mol.